The minimum Gasteiger partial charge on any atom is -0.480 e. The molecule has 0 bridgehead atoms. The lowest BCUT2D eigenvalue weighted by molar-refractivity contribution is -0.142. The highest BCUT2D eigenvalue weighted by molar-refractivity contribution is 5.97. The Bertz CT molecular complexity index is 666. The van der Waals surface area contributed by atoms with Gasteiger partial charge in [0.05, 0.1) is 18.9 Å². The molecule has 0 aromatic heterocycles. The molecule has 164 valence electrons. The van der Waals surface area contributed by atoms with Crippen LogP contribution in [0, 0.1) is 5.92 Å². The average molecular weight is 416 g/mol. The van der Waals surface area contributed by atoms with E-state index in [0.29, 0.717) is 0 Å². The van der Waals surface area contributed by atoms with Gasteiger partial charge < -0.3 is 38.3 Å². The summed E-state index contributed by atoms with van der Waals surface area (Å²) in [7, 11) is 0. The van der Waals surface area contributed by atoms with Gasteiger partial charge in [-0.15, -0.1) is 0 Å². The molecule has 29 heavy (non-hydrogen) atoms. The van der Waals surface area contributed by atoms with Crippen LogP contribution >= 0.6 is 0 Å². The van der Waals surface area contributed by atoms with Gasteiger partial charge in [0.15, 0.2) is 0 Å². The van der Waals surface area contributed by atoms with Crippen molar-refractivity contribution in [3.8, 4) is 0 Å². The highest BCUT2D eigenvalue weighted by Gasteiger charge is 2.31. The number of hydrogen-bond acceptors (Lipinski definition) is 7. The Kier molecular flexibility index (Phi) is 10.3. The van der Waals surface area contributed by atoms with Crippen LogP contribution in [0.25, 0.3) is 0 Å². The number of aliphatic carboxylic acids is 1. The molecular weight excluding hydrogens is 388 g/mol. The first-order valence-electron chi connectivity index (χ1n) is 8.72. The molecule has 0 fully saturated rings. The fraction of sp³-hybridized carbons (Fsp3) is 0.625. The van der Waals surface area contributed by atoms with Crippen LogP contribution in [0.15, 0.2) is 0 Å². The van der Waals surface area contributed by atoms with Crippen molar-refractivity contribution in [1.29, 1.82) is 0 Å². The van der Waals surface area contributed by atoms with Gasteiger partial charge in [0.2, 0.25) is 29.5 Å². The molecule has 0 heterocycles. The quantitative estimate of drug-likeness (QED) is 0.166. The van der Waals surface area contributed by atoms with Crippen LogP contribution in [0.4, 0.5) is 0 Å². The Morgan fingerprint density at radius 1 is 0.759 bits per heavy atom. The first-order chi connectivity index (χ1) is 13.3. The van der Waals surface area contributed by atoms with Gasteiger partial charge in [-0.2, -0.15) is 0 Å². The van der Waals surface area contributed by atoms with Gasteiger partial charge in [-0.25, -0.2) is 0 Å². The molecule has 0 radical (unpaired) electrons. The molecule has 10 N–H and O–H groups in total. The molecular formula is C16H28N6O7. The first kappa shape index (κ1) is 25.8. The van der Waals surface area contributed by atoms with E-state index in [9.17, 15) is 28.8 Å². The van der Waals surface area contributed by atoms with Crippen LogP contribution in [0.2, 0.25) is 0 Å². The van der Waals surface area contributed by atoms with Gasteiger partial charge in [0, 0.05) is 0 Å². The van der Waals surface area contributed by atoms with E-state index in [1.54, 1.807) is 13.8 Å². The maximum atomic E-state index is 12.5. The van der Waals surface area contributed by atoms with Crippen LogP contribution in [0.5, 0.6) is 0 Å². The summed E-state index contributed by atoms with van der Waals surface area (Å²) in [4.78, 5) is 70.2. The van der Waals surface area contributed by atoms with Gasteiger partial charge in [-0.05, 0) is 12.8 Å². The summed E-state index contributed by atoms with van der Waals surface area (Å²) in [6.07, 6.45) is -1.24. The molecule has 4 unspecified atom stereocenters. The van der Waals surface area contributed by atoms with Crippen LogP contribution in [0.1, 0.15) is 33.6 Å². The normalized spacial score (nSPS) is 14.8. The second-order valence-corrected chi connectivity index (χ2v) is 6.80. The third kappa shape index (κ3) is 9.51. The van der Waals surface area contributed by atoms with Crippen LogP contribution in [0.3, 0.4) is 0 Å². The molecule has 0 aliphatic heterocycles. The fourth-order valence-electron chi connectivity index (χ4n) is 2.04. The average Bonchev–Trinajstić information content (AvgIpc) is 2.58. The summed E-state index contributed by atoms with van der Waals surface area (Å²) in [5.74, 6) is -6.20. The molecule has 13 heteroatoms. The summed E-state index contributed by atoms with van der Waals surface area (Å²) >= 11 is 0. The molecule has 0 saturated carbocycles. The molecule has 4 atom stereocenters. The second-order valence-electron chi connectivity index (χ2n) is 6.80. The van der Waals surface area contributed by atoms with Crippen molar-refractivity contribution in [3.05, 3.63) is 0 Å². The van der Waals surface area contributed by atoms with E-state index in [1.807, 2.05) is 0 Å². The number of hydrogen-bond donors (Lipinski definition) is 7. The fourth-order valence-corrected chi connectivity index (χ4v) is 2.04. The summed E-state index contributed by atoms with van der Waals surface area (Å²) in [6.45, 7) is 4.52. The number of nitrogens with one attached hydrogen (secondary N) is 3. The van der Waals surface area contributed by atoms with Crippen molar-refractivity contribution < 1.29 is 33.9 Å². The van der Waals surface area contributed by atoms with Crippen molar-refractivity contribution >= 4 is 35.5 Å². The summed E-state index contributed by atoms with van der Waals surface area (Å²) in [5, 5.41) is 15.4. The maximum absolute atomic E-state index is 12.5. The van der Waals surface area contributed by atoms with Crippen molar-refractivity contribution in [3.63, 3.8) is 0 Å². The first-order valence-corrected chi connectivity index (χ1v) is 8.72. The van der Waals surface area contributed by atoms with Gasteiger partial charge in [-0.3, -0.25) is 28.8 Å². The van der Waals surface area contributed by atoms with Crippen LogP contribution < -0.4 is 33.2 Å². The SMILES string of the molecule is CC(NC(=O)C(CC(N)=O)NC(=O)C(CC(N)=O)NC(=O)C(N)C(C)C)C(=O)O. The molecule has 0 aliphatic carbocycles. The summed E-state index contributed by atoms with van der Waals surface area (Å²) in [6, 6.07) is -5.28. The van der Waals surface area contributed by atoms with Gasteiger partial charge >= 0.3 is 5.97 Å². The molecule has 0 rings (SSSR count). The van der Waals surface area contributed by atoms with E-state index in [1.165, 1.54) is 6.92 Å². The number of nitrogens with two attached hydrogens (primary N) is 3. The molecule has 0 spiro atoms. The van der Waals surface area contributed by atoms with E-state index < -0.39 is 72.5 Å². The molecule has 13 nitrogen and oxygen atoms in total. The Labute approximate surface area is 167 Å². The smallest absolute Gasteiger partial charge is 0.325 e. The zero-order valence-electron chi connectivity index (χ0n) is 16.4. The Balaban J connectivity index is 5.41. The molecule has 5 amide bonds. The van der Waals surface area contributed by atoms with Crippen molar-refractivity contribution in [2.75, 3.05) is 0 Å². The van der Waals surface area contributed by atoms with Gasteiger partial charge in [0.1, 0.15) is 18.1 Å². The van der Waals surface area contributed by atoms with E-state index in [-0.39, 0.29) is 5.92 Å². The van der Waals surface area contributed by atoms with Crippen molar-refractivity contribution in [1.82, 2.24) is 16.0 Å². The summed E-state index contributed by atoms with van der Waals surface area (Å²) in [5.41, 5.74) is 15.9. The van der Waals surface area contributed by atoms with E-state index >= 15 is 0 Å². The highest BCUT2D eigenvalue weighted by atomic mass is 16.4. The zero-order valence-corrected chi connectivity index (χ0v) is 16.4. The predicted molar refractivity (Wildman–Crippen MR) is 99.5 cm³/mol. The number of rotatable bonds is 12. The van der Waals surface area contributed by atoms with Crippen molar-refractivity contribution in [2.24, 2.45) is 23.1 Å². The predicted octanol–water partition coefficient (Wildman–Crippen LogP) is -3.72. The van der Waals surface area contributed by atoms with E-state index in [0.717, 1.165) is 0 Å². The number of carbonyl (C=O) groups excluding carboxylic acids is 5. The van der Waals surface area contributed by atoms with Gasteiger partial charge in [0.25, 0.3) is 0 Å². The lowest BCUT2D eigenvalue weighted by Crippen LogP contribution is -2.58. The van der Waals surface area contributed by atoms with Crippen LogP contribution in [-0.2, 0) is 28.8 Å². The maximum Gasteiger partial charge on any atom is 0.325 e. The Morgan fingerprint density at radius 3 is 1.48 bits per heavy atom. The molecule has 0 aromatic carbocycles. The van der Waals surface area contributed by atoms with Crippen molar-refractivity contribution in [2.45, 2.75) is 57.8 Å². The standard InChI is InChI=1S/C16H28N6O7/c1-6(2)12(19)15(27)22-9(5-11(18)24)14(26)21-8(4-10(17)23)13(25)20-7(3)16(28)29/h6-9,12H,4-5,19H2,1-3H3,(H2,17,23)(H2,18,24)(H,20,25)(H,21,26)(H,22,27)(H,28,29). The number of amides is 5. The van der Waals surface area contributed by atoms with E-state index in [2.05, 4.69) is 16.0 Å². The Morgan fingerprint density at radius 2 is 1.14 bits per heavy atom. The topological polar surface area (TPSA) is 237 Å². The third-order valence-electron chi connectivity index (χ3n) is 3.83. The number of primary amides is 2. The Hall–Kier alpha value is -3.22. The summed E-state index contributed by atoms with van der Waals surface area (Å²) < 4.78 is 0. The number of carboxylic acid groups (broad SMARTS) is 1. The largest absolute Gasteiger partial charge is 0.480 e. The lowest BCUT2D eigenvalue weighted by atomic mass is 10.0. The molecule has 0 aliphatic rings. The second kappa shape index (κ2) is 11.6. The molecule has 0 saturated heterocycles. The van der Waals surface area contributed by atoms with E-state index in [4.69, 9.17) is 22.3 Å². The van der Waals surface area contributed by atoms with Crippen LogP contribution in [-0.4, -0.2) is 64.8 Å². The number of carbonyl (C=O) groups is 6. The zero-order chi connectivity index (χ0) is 22.9. The minimum absolute atomic E-state index is 0.266. The highest BCUT2D eigenvalue weighted by Crippen LogP contribution is 2.02. The van der Waals surface area contributed by atoms with Gasteiger partial charge in [-0.1, -0.05) is 13.8 Å². The lowest BCUT2D eigenvalue weighted by Gasteiger charge is -2.24. The third-order valence-corrected chi connectivity index (χ3v) is 3.83. The minimum atomic E-state index is -1.53. The monoisotopic (exact) mass is 416 g/mol. The number of carboxylic acids is 1. The molecule has 0 aromatic rings.